The Kier molecular flexibility index (Phi) is 3.61. The van der Waals surface area contributed by atoms with Gasteiger partial charge in [0.25, 0.3) is 0 Å². The molecule has 0 aromatic heterocycles. The Morgan fingerprint density at radius 2 is 2.05 bits per heavy atom. The fraction of sp³-hybridized carbons (Fsp3) is 0.467. The zero-order valence-corrected chi connectivity index (χ0v) is 12.3. The predicted molar refractivity (Wildman–Crippen MR) is 82.0 cm³/mol. The number of anilines is 1. The average Bonchev–Trinajstić information content (AvgIpc) is 2.48. The number of thiocarbonyl (C=S) groups is 1. The summed E-state index contributed by atoms with van der Waals surface area (Å²) in [4.78, 5) is 14.4. The summed E-state index contributed by atoms with van der Waals surface area (Å²) < 4.78 is 5.35. The van der Waals surface area contributed by atoms with Crippen molar-refractivity contribution in [3.05, 3.63) is 24.3 Å². The standard InChI is InChI=1S/C15H18N2O2S/c1-19-13-9-5-4-8-12(13)17-14(18)10-6-2-3-7-11(10)16-15(17)20/h4-5,8-11H,2-3,6-7H2,1H3,(H,16,20). The first-order chi connectivity index (χ1) is 9.72. The van der Waals surface area contributed by atoms with E-state index in [1.165, 1.54) is 6.42 Å². The monoisotopic (exact) mass is 290 g/mol. The Morgan fingerprint density at radius 3 is 2.85 bits per heavy atom. The van der Waals surface area contributed by atoms with Crippen LogP contribution in [0.2, 0.25) is 0 Å². The minimum Gasteiger partial charge on any atom is -0.495 e. The smallest absolute Gasteiger partial charge is 0.238 e. The van der Waals surface area contributed by atoms with Crippen LogP contribution in [0, 0.1) is 5.92 Å². The predicted octanol–water partition coefficient (Wildman–Crippen LogP) is 2.48. The van der Waals surface area contributed by atoms with Crippen molar-refractivity contribution in [1.29, 1.82) is 0 Å². The van der Waals surface area contributed by atoms with E-state index in [1.807, 2.05) is 24.3 Å². The number of rotatable bonds is 2. The first-order valence-electron chi connectivity index (χ1n) is 7.00. The van der Waals surface area contributed by atoms with Gasteiger partial charge >= 0.3 is 0 Å². The summed E-state index contributed by atoms with van der Waals surface area (Å²) in [6, 6.07) is 7.69. The van der Waals surface area contributed by atoms with E-state index in [1.54, 1.807) is 12.0 Å². The first-order valence-corrected chi connectivity index (χ1v) is 7.40. The molecule has 2 fully saturated rings. The molecule has 1 saturated carbocycles. The number of carbonyl (C=O) groups excluding carboxylic acids is 1. The summed E-state index contributed by atoms with van der Waals surface area (Å²) >= 11 is 5.40. The Bertz CT molecular complexity index is 546. The van der Waals surface area contributed by atoms with E-state index in [9.17, 15) is 4.79 Å². The minimum absolute atomic E-state index is 0.0281. The second-order valence-electron chi connectivity index (χ2n) is 5.29. The summed E-state index contributed by atoms with van der Waals surface area (Å²) in [5.74, 6) is 0.794. The molecule has 5 heteroatoms. The molecule has 1 aliphatic carbocycles. The Morgan fingerprint density at radius 1 is 1.30 bits per heavy atom. The molecule has 0 bridgehead atoms. The molecule has 1 amide bonds. The van der Waals surface area contributed by atoms with Gasteiger partial charge in [0.2, 0.25) is 5.91 Å². The van der Waals surface area contributed by atoms with Crippen molar-refractivity contribution in [1.82, 2.24) is 5.32 Å². The van der Waals surface area contributed by atoms with Crippen LogP contribution in [0.5, 0.6) is 5.75 Å². The lowest BCUT2D eigenvalue weighted by Crippen LogP contribution is -2.61. The maximum atomic E-state index is 12.8. The summed E-state index contributed by atoms with van der Waals surface area (Å²) in [6.45, 7) is 0. The molecule has 4 nitrogen and oxygen atoms in total. The molecule has 2 unspecified atom stereocenters. The number of benzene rings is 1. The van der Waals surface area contributed by atoms with Crippen molar-refractivity contribution in [3.63, 3.8) is 0 Å². The number of amides is 1. The van der Waals surface area contributed by atoms with Crippen LogP contribution < -0.4 is 15.0 Å². The molecule has 1 aliphatic heterocycles. The first kappa shape index (κ1) is 13.4. The van der Waals surface area contributed by atoms with Crippen molar-refractivity contribution in [3.8, 4) is 5.75 Å². The number of para-hydroxylation sites is 2. The molecule has 1 aromatic rings. The lowest BCUT2D eigenvalue weighted by Gasteiger charge is -2.41. The Balaban J connectivity index is 1.96. The van der Waals surface area contributed by atoms with Gasteiger partial charge < -0.3 is 10.1 Å². The highest BCUT2D eigenvalue weighted by molar-refractivity contribution is 7.80. The normalized spacial score (nSPS) is 25.9. The number of ether oxygens (including phenoxy) is 1. The quantitative estimate of drug-likeness (QED) is 0.850. The van der Waals surface area contributed by atoms with Crippen LogP contribution in [0.15, 0.2) is 24.3 Å². The van der Waals surface area contributed by atoms with Crippen molar-refractivity contribution < 1.29 is 9.53 Å². The molecule has 1 N–H and O–H groups in total. The molecule has 2 atom stereocenters. The van der Waals surface area contributed by atoms with Crippen molar-refractivity contribution in [2.75, 3.05) is 12.0 Å². The average molecular weight is 290 g/mol. The molecule has 1 aromatic carbocycles. The van der Waals surface area contributed by atoms with Gasteiger partial charge in [-0.1, -0.05) is 25.0 Å². The van der Waals surface area contributed by atoms with Gasteiger partial charge in [0, 0.05) is 6.04 Å². The van der Waals surface area contributed by atoms with E-state index in [4.69, 9.17) is 17.0 Å². The van der Waals surface area contributed by atoms with Gasteiger partial charge in [-0.3, -0.25) is 9.69 Å². The third kappa shape index (κ3) is 2.16. The largest absolute Gasteiger partial charge is 0.495 e. The highest BCUT2D eigenvalue weighted by Gasteiger charge is 2.41. The van der Waals surface area contributed by atoms with Gasteiger partial charge in [0.1, 0.15) is 5.75 Å². The molecule has 1 saturated heterocycles. The molecule has 3 rings (SSSR count). The number of nitrogens with zero attached hydrogens (tertiary/aromatic N) is 1. The van der Waals surface area contributed by atoms with Crippen LogP contribution >= 0.6 is 12.2 Å². The van der Waals surface area contributed by atoms with Crippen LogP contribution in [-0.2, 0) is 4.79 Å². The Hall–Kier alpha value is -1.62. The lowest BCUT2D eigenvalue weighted by atomic mass is 9.82. The van der Waals surface area contributed by atoms with Crippen LogP contribution in [0.1, 0.15) is 25.7 Å². The van der Waals surface area contributed by atoms with Gasteiger partial charge in [-0.25, -0.2) is 0 Å². The van der Waals surface area contributed by atoms with Gasteiger partial charge in [-0.05, 0) is 37.2 Å². The maximum absolute atomic E-state index is 12.8. The molecule has 2 aliphatic rings. The van der Waals surface area contributed by atoms with Crippen LogP contribution in [0.4, 0.5) is 5.69 Å². The van der Waals surface area contributed by atoms with Crippen molar-refractivity contribution >= 4 is 28.9 Å². The third-order valence-corrected chi connectivity index (χ3v) is 4.44. The number of hydrogen-bond acceptors (Lipinski definition) is 3. The topological polar surface area (TPSA) is 41.6 Å². The molecular formula is C15H18N2O2S. The number of methoxy groups -OCH3 is 1. The molecular weight excluding hydrogens is 272 g/mol. The van der Waals surface area contributed by atoms with Gasteiger partial charge in [-0.15, -0.1) is 0 Å². The summed E-state index contributed by atoms with van der Waals surface area (Å²) in [5.41, 5.74) is 0.724. The van der Waals surface area contributed by atoms with Crippen LogP contribution in [0.3, 0.4) is 0 Å². The summed E-state index contributed by atoms with van der Waals surface area (Å²) in [5, 5.41) is 3.82. The number of nitrogens with one attached hydrogen (secondary N) is 1. The van der Waals surface area contributed by atoms with Crippen LogP contribution in [0.25, 0.3) is 0 Å². The number of carbonyl (C=O) groups is 1. The van der Waals surface area contributed by atoms with Crippen LogP contribution in [-0.4, -0.2) is 24.2 Å². The molecule has 0 spiro atoms. The fourth-order valence-corrected chi connectivity index (χ4v) is 3.47. The highest BCUT2D eigenvalue weighted by Crippen LogP contribution is 2.35. The lowest BCUT2D eigenvalue weighted by molar-refractivity contribution is -0.123. The molecule has 106 valence electrons. The third-order valence-electron chi connectivity index (χ3n) is 4.14. The SMILES string of the molecule is COc1ccccc1N1C(=O)C2CCCCC2NC1=S. The van der Waals surface area contributed by atoms with Gasteiger partial charge in [-0.2, -0.15) is 0 Å². The minimum atomic E-state index is 0.0281. The van der Waals surface area contributed by atoms with Crippen molar-refractivity contribution in [2.24, 2.45) is 5.92 Å². The maximum Gasteiger partial charge on any atom is 0.238 e. The molecule has 1 heterocycles. The second-order valence-corrected chi connectivity index (χ2v) is 5.68. The molecule has 20 heavy (non-hydrogen) atoms. The zero-order valence-electron chi connectivity index (χ0n) is 11.5. The van der Waals surface area contributed by atoms with E-state index >= 15 is 0 Å². The van der Waals surface area contributed by atoms with E-state index < -0.39 is 0 Å². The van der Waals surface area contributed by atoms with E-state index in [0.29, 0.717) is 10.9 Å². The van der Waals surface area contributed by atoms with E-state index in [0.717, 1.165) is 24.9 Å². The fourth-order valence-electron chi connectivity index (χ4n) is 3.13. The summed E-state index contributed by atoms with van der Waals surface area (Å²) in [6.07, 6.45) is 4.24. The van der Waals surface area contributed by atoms with E-state index in [-0.39, 0.29) is 17.9 Å². The second kappa shape index (κ2) is 5.40. The zero-order chi connectivity index (χ0) is 14.1. The van der Waals surface area contributed by atoms with E-state index in [2.05, 4.69) is 5.32 Å². The highest BCUT2D eigenvalue weighted by atomic mass is 32.1. The number of fused-ring (bicyclic) bond motifs is 1. The van der Waals surface area contributed by atoms with Gasteiger partial charge in [0.05, 0.1) is 18.7 Å². The van der Waals surface area contributed by atoms with Gasteiger partial charge in [0.15, 0.2) is 5.11 Å². The Labute approximate surface area is 124 Å². The number of hydrogen-bond donors (Lipinski definition) is 1. The summed E-state index contributed by atoms with van der Waals surface area (Å²) in [7, 11) is 1.60. The molecule has 0 radical (unpaired) electrons. The van der Waals surface area contributed by atoms with Crippen molar-refractivity contribution in [2.45, 2.75) is 31.7 Å².